The molecule has 118 valence electrons. The lowest BCUT2D eigenvalue weighted by atomic mass is 9.54. The summed E-state index contributed by atoms with van der Waals surface area (Å²) in [5.74, 6) is 5.48. The Bertz CT molecular complexity index is 322. The van der Waals surface area contributed by atoms with E-state index in [0.29, 0.717) is 5.54 Å². The minimum atomic E-state index is 0.401. The molecule has 1 saturated carbocycles. The monoisotopic (exact) mass is 279 g/mol. The third-order valence-electron chi connectivity index (χ3n) is 7.27. The smallest absolute Gasteiger partial charge is 0.0184 e. The van der Waals surface area contributed by atoms with Crippen LogP contribution in [-0.4, -0.2) is 23.5 Å². The van der Waals surface area contributed by atoms with Gasteiger partial charge in [0.2, 0.25) is 0 Å². The zero-order chi connectivity index (χ0) is 15.1. The van der Waals surface area contributed by atoms with Gasteiger partial charge in [-0.3, -0.25) is 4.90 Å². The Morgan fingerprint density at radius 3 is 2.30 bits per heavy atom. The van der Waals surface area contributed by atoms with Gasteiger partial charge in [0.25, 0.3) is 0 Å². The molecule has 0 spiro atoms. The topological polar surface area (TPSA) is 3.24 Å². The van der Waals surface area contributed by atoms with Gasteiger partial charge in [-0.15, -0.1) is 0 Å². The molecule has 1 heterocycles. The zero-order valence-electron chi connectivity index (χ0n) is 14.9. The second-order valence-corrected chi connectivity index (χ2v) is 8.59. The minimum absolute atomic E-state index is 0.401. The Morgan fingerprint density at radius 1 is 1.15 bits per heavy atom. The van der Waals surface area contributed by atoms with Gasteiger partial charge in [-0.25, -0.2) is 0 Å². The Kier molecular flexibility index (Phi) is 4.89. The van der Waals surface area contributed by atoms with Gasteiger partial charge in [0.05, 0.1) is 0 Å². The van der Waals surface area contributed by atoms with Crippen molar-refractivity contribution in [2.45, 2.75) is 73.3 Å². The van der Waals surface area contributed by atoms with Crippen molar-refractivity contribution in [2.24, 2.45) is 35.5 Å². The highest BCUT2D eigenvalue weighted by Crippen LogP contribution is 2.52. The summed E-state index contributed by atoms with van der Waals surface area (Å²) >= 11 is 0. The number of hydrogen-bond acceptors (Lipinski definition) is 1. The van der Waals surface area contributed by atoms with Crippen molar-refractivity contribution in [3.63, 3.8) is 0 Å². The summed E-state index contributed by atoms with van der Waals surface area (Å²) < 4.78 is 0. The Hall–Kier alpha value is -0.0400. The number of rotatable bonds is 4. The van der Waals surface area contributed by atoms with E-state index < -0.39 is 0 Å². The van der Waals surface area contributed by atoms with Crippen LogP contribution in [0.1, 0.15) is 67.7 Å². The van der Waals surface area contributed by atoms with E-state index in [1.807, 2.05) is 0 Å². The second kappa shape index (κ2) is 5.99. The molecule has 0 N–H and O–H groups in total. The number of piperidine rings is 1. The van der Waals surface area contributed by atoms with Crippen LogP contribution in [0.5, 0.6) is 0 Å². The van der Waals surface area contributed by atoms with Crippen LogP contribution in [0.2, 0.25) is 0 Å². The lowest BCUT2D eigenvalue weighted by Gasteiger charge is -2.58. The molecule has 2 aliphatic rings. The van der Waals surface area contributed by atoms with Gasteiger partial charge in [-0.05, 0) is 68.7 Å². The van der Waals surface area contributed by atoms with Crippen molar-refractivity contribution in [3.05, 3.63) is 0 Å². The Labute approximate surface area is 127 Å². The van der Waals surface area contributed by atoms with Crippen LogP contribution in [0.4, 0.5) is 0 Å². The van der Waals surface area contributed by atoms with E-state index >= 15 is 0 Å². The van der Waals surface area contributed by atoms with Gasteiger partial charge in [0.1, 0.15) is 0 Å². The van der Waals surface area contributed by atoms with E-state index in [2.05, 4.69) is 53.4 Å². The lowest BCUT2D eigenvalue weighted by molar-refractivity contribution is -0.0835. The summed E-state index contributed by atoms with van der Waals surface area (Å²) in [6, 6.07) is 0. The number of likely N-dealkylation sites (tertiary alicyclic amines) is 1. The molecule has 2 fully saturated rings. The van der Waals surface area contributed by atoms with E-state index in [0.717, 1.165) is 35.5 Å². The lowest BCUT2D eigenvalue weighted by Crippen LogP contribution is -2.60. The highest BCUT2D eigenvalue weighted by atomic mass is 15.2. The first-order chi connectivity index (χ1) is 9.28. The van der Waals surface area contributed by atoms with Crippen molar-refractivity contribution in [1.29, 1.82) is 0 Å². The second-order valence-electron chi connectivity index (χ2n) is 8.59. The van der Waals surface area contributed by atoms with E-state index in [4.69, 9.17) is 0 Å². The summed E-state index contributed by atoms with van der Waals surface area (Å²) in [5.41, 5.74) is 0.401. The molecule has 6 unspecified atom stereocenters. The average Bonchev–Trinajstić information content (AvgIpc) is 2.39. The molecule has 0 aromatic rings. The Balaban J connectivity index is 1.98. The summed E-state index contributed by atoms with van der Waals surface area (Å²) in [6.45, 7) is 19.9. The van der Waals surface area contributed by atoms with Crippen LogP contribution >= 0.6 is 0 Å². The fourth-order valence-electron chi connectivity index (χ4n) is 4.83. The van der Waals surface area contributed by atoms with Gasteiger partial charge in [0.15, 0.2) is 0 Å². The van der Waals surface area contributed by atoms with Gasteiger partial charge >= 0.3 is 0 Å². The van der Waals surface area contributed by atoms with Gasteiger partial charge < -0.3 is 0 Å². The summed E-state index contributed by atoms with van der Waals surface area (Å²) in [7, 11) is 0. The maximum absolute atomic E-state index is 2.81. The molecule has 1 saturated heterocycles. The van der Waals surface area contributed by atoms with Crippen LogP contribution in [0.15, 0.2) is 0 Å². The summed E-state index contributed by atoms with van der Waals surface area (Å²) in [4.78, 5) is 2.81. The maximum Gasteiger partial charge on any atom is 0.0184 e. The minimum Gasteiger partial charge on any atom is -0.298 e. The van der Waals surface area contributed by atoms with Gasteiger partial charge in [0, 0.05) is 12.1 Å². The highest BCUT2D eigenvalue weighted by Gasteiger charge is 2.50. The largest absolute Gasteiger partial charge is 0.298 e. The third-order valence-corrected chi connectivity index (χ3v) is 7.27. The molecular formula is C19H37N. The predicted octanol–water partition coefficient (Wildman–Crippen LogP) is 5.06. The van der Waals surface area contributed by atoms with Gasteiger partial charge in [-0.1, -0.05) is 41.0 Å². The van der Waals surface area contributed by atoms with E-state index in [9.17, 15) is 0 Å². The van der Waals surface area contributed by atoms with Crippen LogP contribution in [0.3, 0.4) is 0 Å². The molecule has 20 heavy (non-hydrogen) atoms. The summed E-state index contributed by atoms with van der Waals surface area (Å²) in [6.07, 6.45) is 4.20. The molecule has 0 amide bonds. The van der Waals surface area contributed by atoms with Crippen molar-refractivity contribution in [1.82, 2.24) is 4.90 Å². The summed E-state index contributed by atoms with van der Waals surface area (Å²) in [5, 5.41) is 0. The molecule has 0 aromatic heterocycles. The molecule has 1 heteroatoms. The number of hydrogen-bond donors (Lipinski definition) is 0. The first-order valence-electron chi connectivity index (χ1n) is 9.04. The molecule has 6 atom stereocenters. The molecule has 1 nitrogen and oxygen atoms in total. The normalized spacial score (nSPS) is 41.2. The van der Waals surface area contributed by atoms with Crippen LogP contribution in [-0.2, 0) is 0 Å². The quantitative estimate of drug-likeness (QED) is 0.695. The van der Waals surface area contributed by atoms with E-state index in [1.165, 1.54) is 32.4 Å². The van der Waals surface area contributed by atoms with Crippen molar-refractivity contribution >= 4 is 0 Å². The van der Waals surface area contributed by atoms with Gasteiger partial charge in [-0.2, -0.15) is 0 Å². The van der Waals surface area contributed by atoms with Crippen molar-refractivity contribution < 1.29 is 0 Å². The standard InChI is InChI=1S/C19H37N/c1-8-13(2)17-11-18(16(17)5)19(6,7)20-10-9-14(3)15(4)12-20/h13-18H,8-12H2,1-7H3. The maximum atomic E-state index is 2.81. The molecule has 0 bridgehead atoms. The first-order valence-corrected chi connectivity index (χ1v) is 9.04. The third kappa shape index (κ3) is 2.80. The first kappa shape index (κ1) is 16.3. The Morgan fingerprint density at radius 2 is 1.80 bits per heavy atom. The highest BCUT2D eigenvalue weighted by molar-refractivity contribution is 5.02. The van der Waals surface area contributed by atoms with Crippen LogP contribution in [0.25, 0.3) is 0 Å². The molecule has 2 rings (SSSR count). The molecular weight excluding hydrogens is 242 g/mol. The van der Waals surface area contributed by atoms with Crippen molar-refractivity contribution in [3.8, 4) is 0 Å². The van der Waals surface area contributed by atoms with Crippen molar-refractivity contribution in [2.75, 3.05) is 13.1 Å². The molecule has 1 aliphatic heterocycles. The van der Waals surface area contributed by atoms with Crippen LogP contribution < -0.4 is 0 Å². The zero-order valence-corrected chi connectivity index (χ0v) is 14.9. The molecule has 1 aliphatic carbocycles. The van der Waals surface area contributed by atoms with E-state index in [-0.39, 0.29) is 0 Å². The van der Waals surface area contributed by atoms with Crippen LogP contribution in [0, 0.1) is 35.5 Å². The fraction of sp³-hybridized carbons (Fsp3) is 1.00. The average molecular weight is 280 g/mol. The predicted molar refractivity (Wildman–Crippen MR) is 88.8 cm³/mol. The number of nitrogens with zero attached hydrogens (tertiary/aromatic N) is 1. The SMILES string of the molecule is CCC(C)C1CC(C(C)(C)N2CCC(C)C(C)C2)C1C. The fourth-order valence-corrected chi connectivity index (χ4v) is 4.83. The molecule has 0 aromatic carbocycles. The molecule has 0 radical (unpaired) electrons. The van der Waals surface area contributed by atoms with E-state index in [1.54, 1.807) is 0 Å².